The number of nitrogens with two attached hydrogens (primary N) is 1. The van der Waals surface area contributed by atoms with Crippen molar-refractivity contribution in [3.63, 3.8) is 0 Å². The van der Waals surface area contributed by atoms with Crippen molar-refractivity contribution >= 4 is 23.6 Å². The molecule has 0 saturated carbocycles. The molecule has 17 heavy (non-hydrogen) atoms. The summed E-state index contributed by atoms with van der Waals surface area (Å²) in [6.45, 7) is 5.92. The second-order valence-electron chi connectivity index (χ2n) is 4.92. The first kappa shape index (κ1) is 14.3. The smallest absolute Gasteiger partial charge is 0.327 e. The van der Waals surface area contributed by atoms with Crippen LogP contribution in [0.5, 0.6) is 0 Å². The summed E-state index contributed by atoms with van der Waals surface area (Å²) >= 11 is 1.50. The van der Waals surface area contributed by atoms with Gasteiger partial charge in [-0.3, -0.25) is 4.79 Å². The SMILES string of the molecule is CC1SCC(C(=O)O)N1C(=O)C(C)(C)CCN. The van der Waals surface area contributed by atoms with E-state index < -0.39 is 17.4 Å². The summed E-state index contributed by atoms with van der Waals surface area (Å²) in [6, 6.07) is -0.709. The molecule has 1 aliphatic heterocycles. The average molecular weight is 260 g/mol. The lowest BCUT2D eigenvalue weighted by atomic mass is 9.87. The van der Waals surface area contributed by atoms with E-state index in [4.69, 9.17) is 10.8 Å². The first-order valence-corrected chi connectivity index (χ1v) is 6.73. The number of carbonyl (C=O) groups excluding carboxylic acids is 1. The first-order chi connectivity index (χ1) is 7.81. The first-order valence-electron chi connectivity index (χ1n) is 5.68. The zero-order chi connectivity index (χ0) is 13.2. The van der Waals surface area contributed by atoms with E-state index in [9.17, 15) is 9.59 Å². The lowest BCUT2D eigenvalue weighted by molar-refractivity contribution is -0.153. The fraction of sp³-hybridized carbons (Fsp3) is 0.818. The van der Waals surface area contributed by atoms with E-state index in [1.807, 2.05) is 20.8 Å². The van der Waals surface area contributed by atoms with Crippen molar-refractivity contribution in [2.45, 2.75) is 38.6 Å². The van der Waals surface area contributed by atoms with Crippen LogP contribution in [-0.2, 0) is 9.59 Å². The molecule has 1 saturated heterocycles. The minimum Gasteiger partial charge on any atom is -0.480 e. The van der Waals surface area contributed by atoms with Gasteiger partial charge >= 0.3 is 5.97 Å². The number of hydrogen-bond acceptors (Lipinski definition) is 4. The van der Waals surface area contributed by atoms with Crippen molar-refractivity contribution in [3.8, 4) is 0 Å². The van der Waals surface area contributed by atoms with Gasteiger partial charge in [-0.1, -0.05) is 13.8 Å². The number of carboxylic acid groups (broad SMARTS) is 1. The van der Waals surface area contributed by atoms with E-state index >= 15 is 0 Å². The maximum Gasteiger partial charge on any atom is 0.327 e. The van der Waals surface area contributed by atoms with Crippen molar-refractivity contribution < 1.29 is 14.7 Å². The van der Waals surface area contributed by atoms with Crippen LogP contribution < -0.4 is 5.73 Å². The maximum absolute atomic E-state index is 12.4. The topological polar surface area (TPSA) is 83.6 Å². The molecule has 6 heteroatoms. The number of amides is 1. The molecule has 0 radical (unpaired) electrons. The number of aliphatic carboxylic acids is 1. The highest BCUT2D eigenvalue weighted by molar-refractivity contribution is 8.00. The third-order valence-electron chi connectivity index (χ3n) is 3.09. The van der Waals surface area contributed by atoms with E-state index in [0.717, 1.165) is 0 Å². The van der Waals surface area contributed by atoms with Crippen molar-refractivity contribution in [1.82, 2.24) is 4.90 Å². The van der Waals surface area contributed by atoms with Crippen LogP contribution in [0.3, 0.4) is 0 Å². The zero-order valence-corrected chi connectivity index (χ0v) is 11.3. The molecule has 0 aliphatic carbocycles. The Bertz CT molecular complexity index is 320. The third kappa shape index (κ3) is 2.93. The van der Waals surface area contributed by atoms with E-state index in [1.165, 1.54) is 16.7 Å². The molecule has 5 nitrogen and oxygen atoms in total. The lowest BCUT2D eigenvalue weighted by Crippen LogP contribution is -2.50. The molecule has 1 fully saturated rings. The predicted octanol–water partition coefficient (Wildman–Crippen LogP) is 0.736. The molecular formula is C11H20N2O3S. The molecule has 0 spiro atoms. The Balaban J connectivity index is 2.89. The maximum atomic E-state index is 12.4. The molecule has 2 unspecified atom stereocenters. The Labute approximate surface area is 106 Å². The summed E-state index contributed by atoms with van der Waals surface area (Å²) in [5.41, 5.74) is 4.89. The van der Waals surface area contributed by atoms with Gasteiger partial charge in [0.05, 0.1) is 5.37 Å². The van der Waals surface area contributed by atoms with E-state index in [2.05, 4.69) is 0 Å². The average Bonchev–Trinajstić information content (AvgIpc) is 2.58. The fourth-order valence-electron chi connectivity index (χ4n) is 1.96. The minimum atomic E-state index is -0.932. The molecule has 0 aromatic heterocycles. The normalized spacial score (nSPS) is 25.1. The molecule has 98 valence electrons. The van der Waals surface area contributed by atoms with Crippen molar-refractivity contribution in [2.24, 2.45) is 11.1 Å². The van der Waals surface area contributed by atoms with Crippen molar-refractivity contribution in [2.75, 3.05) is 12.3 Å². The predicted molar refractivity (Wildman–Crippen MR) is 67.6 cm³/mol. The zero-order valence-electron chi connectivity index (χ0n) is 10.5. The van der Waals surface area contributed by atoms with E-state index in [0.29, 0.717) is 18.7 Å². The van der Waals surface area contributed by atoms with Gasteiger partial charge in [0.15, 0.2) is 0 Å². The fourth-order valence-corrected chi connectivity index (χ4v) is 3.13. The molecule has 1 aliphatic rings. The van der Waals surface area contributed by atoms with Gasteiger partial charge in [0.1, 0.15) is 6.04 Å². The van der Waals surface area contributed by atoms with E-state index in [1.54, 1.807) is 0 Å². The summed E-state index contributed by atoms with van der Waals surface area (Å²) in [5.74, 6) is -0.590. The van der Waals surface area contributed by atoms with Gasteiger partial charge in [-0.25, -0.2) is 4.79 Å². The number of hydrogen-bond donors (Lipinski definition) is 2. The second-order valence-corrected chi connectivity index (χ2v) is 6.27. The lowest BCUT2D eigenvalue weighted by Gasteiger charge is -2.33. The molecule has 0 bridgehead atoms. The van der Waals surface area contributed by atoms with Crippen LogP contribution in [0.4, 0.5) is 0 Å². The highest BCUT2D eigenvalue weighted by Gasteiger charge is 2.44. The van der Waals surface area contributed by atoms with Crippen LogP contribution >= 0.6 is 11.8 Å². The van der Waals surface area contributed by atoms with Crippen molar-refractivity contribution in [3.05, 3.63) is 0 Å². The second kappa shape index (κ2) is 5.27. The molecular weight excluding hydrogens is 240 g/mol. The van der Waals surface area contributed by atoms with Gasteiger partial charge in [-0.15, -0.1) is 11.8 Å². The van der Waals surface area contributed by atoms with Crippen LogP contribution in [0.1, 0.15) is 27.2 Å². The summed E-state index contributed by atoms with van der Waals surface area (Å²) < 4.78 is 0. The van der Waals surface area contributed by atoms with E-state index in [-0.39, 0.29) is 11.3 Å². The van der Waals surface area contributed by atoms with Crippen LogP contribution in [0.15, 0.2) is 0 Å². The Morgan fingerprint density at radius 2 is 2.12 bits per heavy atom. The highest BCUT2D eigenvalue weighted by Crippen LogP contribution is 2.34. The Morgan fingerprint density at radius 1 is 1.53 bits per heavy atom. The molecule has 0 aromatic rings. The number of carbonyl (C=O) groups is 2. The third-order valence-corrected chi connectivity index (χ3v) is 4.31. The minimum absolute atomic E-state index is 0.0827. The summed E-state index contributed by atoms with van der Waals surface area (Å²) in [6.07, 6.45) is 0.562. The van der Waals surface area contributed by atoms with Gasteiger partial charge in [0, 0.05) is 11.2 Å². The Hall–Kier alpha value is -0.750. The number of rotatable bonds is 4. The molecule has 3 N–H and O–H groups in total. The van der Waals surface area contributed by atoms with Gasteiger partial charge in [0.2, 0.25) is 5.91 Å². The molecule has 2 atom stereocenters. The molecule has 0 aromatic carbocycles. The van der Waals surface area contributed by atoms with Crippen LogP contribution in [-0.4, -0.2) is 45.6 Å². The Kier molecular flexibility index (Phi) is 4.43. The summed E-state index contributed by atoms with van der Waals surface area (Å²) in [4.78, 5) is 25.0. The van der Waals surface area contributed by atoms with Crippen LogP contribution in [0.25, 0.3) is 0 Å². The molecule has 1 rings (SSSR count). The standard InChI is InChI=1S/C11H20N2O3S/c1-7-13(8(6-17-7)9(14)15)10(16)11(2,3)4-5-12/h7-8H,4-6,12H2,1-3H3,(H,14,15). The van der Waals surface area contributed by atoms with Gasteiger partial charge in [-0.05, 0) is 19.9 Å². The number of nitrogens with zero attached hydrogens (tertiary/aromatic N) is 1. The van der Waals surface area contributed by atoms with Crippen molar-refractivity contribution in [1.29, 1.82) is 0 Å². The largest absolute Gasteiger partial charge is 0.480 e. The number of carboxylic acids is 1. The monoisotopic (exact) mass is 260 g/mol. The van der Waals surface area contributed by atoms with Crippen LogP contribution in [0, 0.1) is 5.41 Å². The summed E-state index contributed by atoms with van der Waals surface area (Å²) in [7, 11) is 0. The van der Waals surface area contributed by atoms with Crippen LogP contribution in [0.2, 0.25) is 0 Å². The Morgan fingerprint density at radius 3 is 2.59 bits per heavy atom. The van der Waals surface area contributed by atoms with Gasteiger partial charge < -0.3 is 15.7 Å². The summed E-state index contributed by atoms with van der Waals surface area (Å²) in [5, 5.41) is 9.03. The molecule has 1 heterocycles. The van der Waals surface area contributed by atoms with Gasteiger partial charge in [0.25, 0.3) is 0 Å². The quantitative estimate of drug-likeness (QED) is 0.778. The van der Waals surface area contributed by atoms with Gasteiger partial charge in [-0.2, -0.15) is 0 Å². The highest BCUT2D eigenvalue weighted by atomic mass is 32.2. The molecule has 1 amide bonds. The number of thioether (sulfide) groups is 1.